The van der Waals surface area contributed by atoms with E-state index in [0.29, 0.717) is 5.56 Å². The molecule has 0 saturated heterocycles. The van der Waals surface area contributed by atoms with Crippen molar-refractivity contribution in [3.8, 4) is 0 Å². The van der Waals surface area contributed by atoms with E-state index in [0.717, 1.165) is 5.56 Å². The zero-order valence-electron chi connectivity index (χ0n) is 12.0. The molecule has 1 aromatic rings. The van der Waals surface area contributed by atoms with E-state index in [1.165, 1.54) is 0 Å². The van der Waals surface area contributed by atoms with Crippen LogP contribution in [-0.4, -0.2) is 11.9 Å². The van der Waals surface area contributed by atoms with Crippen molar-refractivity contribution in [3.63, 3.8) is 0 Å². The molecule has 0 heterocycles. The molecule has 0 aliphatic rings. The number of hydrogen-bond acceptors (Lipinski definition) is 4. The van der Waals surface area contributed by atoms with Crippen molar-refractivity contribution in [2.24, 2.45) is 5.92 Å². The SMILES string of the molecule is CC(C)C(=O)OOC(=O)c1ccc(C(C)(C)C)cc1. The summed E-state index contributed by atoms with van der Waals surface area (Å²) in [4.78, 5) is 31.7. The average molecular weight is 264 g/mol. The lowest BCUT2D eigenvalue weighted by Crippen LogP contribution is -2.16. The molecule has 1 aromatic carbocycles. The third-order valence-corrected chi connectivity index (χ3v) is 2.66. The quantitative estimate of drug-likeness (QED) is 0.607. The predicted octanol–water partition coefficient (Wildman–Crippen LogP) is 3.26. The minimum absolute atomic E-state index is 0.0204. The van der Waals surface area contributed by atoms with Crippen molar-refractivity contribution in [2.45, 2.75) is 40.0 Å². The first kappa shape index (κ1) is 15.2. The molecule has 0 amide bonds. The van der Waals surface area contributed by atoms with E-state index in [-0.39, 0.29) is 11.3 Å². The lowest BCUT2D eigenvalue weighted by atomic mass is 9.87. The van der Waals surface area contributed by atoms with Gasteiger partial charge in [-0.05, 0) is 23.1 Å². The van der Waals surface area contributed by atoms with Crippen LogP contribution < -0.4 is 0 Å². The summed E-state index contributed by atoms with van der Waals surface area (Å²) in [6.07, 6.45) is 0. The second-order valence-electron chi connectivity index (χ2n) is 5.76. The molecule has 4 heteroatoms. The fraction of sp³-hybridized carbons (Fsp3) is 0.467. The van der Waals surface area contributed by atoms with Gasteiger partial charge < -0.3 is 0 Å². The van der Waals surface area contributed by atoms with Gasteiger partial charge in [-0.15, -0.1) is 0 Å². The summed E-state index contributed by atoms with van der Waals surface area (Å²) in [5, 5.41) is 0. The molecular weight excluding hydrogens is 244 g/mol. The molecule has 0 aromatic heterocycles. The van der Waals surface area contributed by atoms with Crippen LogP contribution in [0.1, 0.15) is 50.5 Å². The van der Waals surface area contributed by atoms with Crippen molar-refractivity contribution in [2.75, 3.05) is 0 Å². The monoisotopic (exact) mass is 264 g/mol. The van der Waals surface area contributed by atoms with Gasteiger partial charge in [0.05, 0.1) is 11.5 Å². The van der Waals surface area contributed by atoms with Crippen molar-refractivity contribution in [1.29, 1.82) is 0 Å². The Morgan fingerprint density at radius 2 is 1.53 bits per heavy atom. The molecule has 0 N–H and O–H groups in total. The Kier molecular flexibility index (Phi) is 4.70. The maximum atomic E-state index is 11.6. The smallest absolute Gasteiger partial charge is 0.247 e. The zero-order chi connectivity index (χ0) is 14.6. The van der Waals surface area contributed by atoms with Crippen LogP contribution in [0, 0.1) is 5.92 Å². The Hall–Kier alpha value is -1.84. The lowest BCUT2D eigenvalue weighted by Gasteiger charge is -2.18. The molecule has 0 bridgehead atoms. The van der Waals surface area contributed by atoms with Crippen molar-refractivity contribution >= 4 is 11.9 Å². The van der Waals surface area contributed by atoms with Gasteiger partial charge in [0.25, 0.3) is 0 Å². The molecule has 104 valence electrons. The summed E-state index contributed by atoms with van der Waals surface area (Å²) in [5.74, 6) is -1.58. The molecule has 0 spiro atoms. The molecule has 0 atom stereocenters. The van der Waals surface area contributed by atoms with Crippen LogP contribution in [0.15, 0.2) is 24.3 Å². The maximum absolute atomic E-state index is 11.6. The first-order valence-corrected chi connectivity index (χ1v) is 6.25. The van der Waals surface area contributed by atoms with Crippen LogP contribution in [0.2, 0.25) is 0 Å². The maximum Gasteiger partial charge on any atom is 0.386 e. The molecular formula is C15H20O4. The van der Waals surface area contributed by atoms with Crippen LogP contribution in [-0.2, 0) is 20.0 Å². The number of carbonyl (C=O) groups is 2. The number of hydrogen-bond donors (Lipinski definition) is 0. The fourth-order valence-electron chi connectivity index (χ4n) is 1.33. The Labute approximate surface area is 113 Å². The number of rotatable bonds is 2. The van der Waals surface area contributed by atoms with Gasteiger partial charge in [-0.1, -0.05) is 46.8 Å². The molecule has 0 unspecified atom stereocenters. The summed E-state index contributed by atoms with van der Waals surface area (Å²) in [7, 11) is 0. The van der Waals surface area contributed by atoms with Gasteiger partial charge in [0.15, 0.2) is 0 Å². The van der Waals surface area contributed by atoms with Gasteiger partial charge in [-0.25, -0.2) is 19.4 Å². The Morgan fingerprint density at radius 1 is 1.00 bits per heavy atom. The Morgan fingerprint density at radius 3 is 1.95 bits per heavy atom. The van der Waals surface area contributed by atoms with Crippen LogP contribution in [0.3, 0.4) is 0 Å². The van der Waals surface area contributed by atoms with E-state index in [4.69, 9.17) is 0 Å². The topological polar surface area (TPSA) is 52.6 Å². The largest absolute Gasteiger partial charge is 0.386 e. The summed E-state index contributed by atoms with van der Waals surface area (Å²) in [6, 6.07) is 7.04. The summed E-state index contributed by atoms with van der Waals surface area (Å²) in [5.41, 5.74) is 1.49. The number of benzene rings is 1. The fourth-order valence-corrected chi connectivity index (χ4v) is 1.33. The highest BCUT2D eigenvalue weighted by molar-refractivity contribution is 5.89. The molecule has 0 aliphatic carbocycles. The van der Waals surface area contributed by atoms with E-state index >= 15 is 0 Å². The highest BCUT2D eigenvalue weighted by atomic mass is 17.2. The van der Waals surface area contributed by atoms with Crippen LogP contribution in [0.4, 0.5) is 0 Å². The zero-order valence-corrected chi connectivity index (χ0v) is 12.0. The second-order valence-corrected chi connectivity index (χ2v) is 5.76. The predicted molar refractivity (Wildman–Crippen MR) is 71.5 cm³/mol. The molecule has 1 rings (SSSR count). The van der Waals surface area contributed by atoms with Crippen molar-refractivity contribution in [3.05, 3.63) is 35.4 Å². The van der Waals surface area contributed by atoms with Gasteiger partial charge in [-0.2, -0.15) is 0 Å². The van der Waals surface area contributed by atoms with E-state index in [1.54, 1.807) is 26.0 Å². The summed E-state index contributed by atoms with van der Waals surface area (Å²) >= 11 is 0. The third kappa shape index (κ3) is 4.39. The van der Waals surface area contributed by atoms with Gasteiger partial charge in [0.1, 0.15) is 0 Å². The first-order valence-electron chi connectivity index (χ1n) is 6.25. The molecule has 0 aliphatic heterocycles. The summed E-state index contributed by atoms with van der Waals surface area (Å²) < 4.78 is 0. The summed E-state index contributed by atoms with van der Waals surface area (Å²) in [6.45, 7) is 9.59. The van der Waals surface area contributed by atoms with Gasteiger partial charge >= 0.3 is 11.9 Å². The normalized spacial score (nSPS) is 11.3. The molecule has 0 radical (unpaired) electrons. The standard InChI is InChI=1S/C15H20O4/c1-10(2)13(16)18-19-14(17)11-6-8-12(9-7-11)15(3,4)5/h6-10H,1-5H3. The van der Waals surface area contributed by atoms with Crippen LogP contribution in [0.25, 0.3) is 0 Å². The Bertz CT molecular complexity index is 452. The van der Waals surface area contributed by atoms with E-state index in [2.05, 4.69) is 30.5 Å². The highest BCUT2D eigenvalue weighted by Crippen LogP contribution is 2.22. The van der Waals surface area contributed by atoms with Gasteiger partial charge in [0, 0.05) is 0 Å². The van der Waals surface area contributed by atoms with E-state index < -0.39 is 11.9 Å². The lowest BCUT2D eigenvalue weighted by molar-refractivity contribution is -0.237. The van der Waals surface area contributed by atoms with Gasteiger partial charge in [-0.3, -0.25) is 0 Å². The molecule has 19 heavy (non-hydrogen) atoms. The van der Waals surface area contributed by atoms with E-state index in [9.17, 15) is 9.59 Å². The first-order chi connectivity index (χ1) is 8.71. The second kappa shape index (κ2) is 5.87. The van der Waals surface area contributed by atoms with Crippen molar-refractivity contribution < 1.29 is 19.4 Å². The molecule has 0 saturated carbocycles. The Balaban J connectivity index is 2.66. The number of carbonyl (C=O) groups excluding carboxylic acids is 2. The van der Waals surface area contributed by atoms with E-state index in [1.807, 2.05) is 12.1 Å². The van der Waals surface area contributed by atoms with Crippen molar-refractivity contribution in [1.82, 2.24) is 0 Å². The van der Waals surface area contributed by atoms with Crippen LogP contribution in [0.5, 0.6) is 0 Å². The minimum Gasteiger partial charge on any atom is -0.247 e. The van der Waals surface area contributed by atoms with Gasteiger partial charge in [0.2, 0.25) is 0 Å². The average Bonchev–Trinajstić information content (AvgIpc) is 2.34. The minimum atomic E-state index is -0.672. The highest BCUT2D eigenvalue weighted by Gasteiger charge is 2.17. The third-order valence-electron chi connectivity index (χ3n) is 2.66. The molecule has 4 nitrogen and oxygen atoms in total. The van der Waals surface area contributed by atoms with Crippen LogP contribution >= 0.6 is 0 Å². The molecule has 0 fully saturated rings.